The Labute approximate surface area is 649 Å². The van der Waals surface area contributed by atoms with Crippen molar-refractivity contribution in [1.82, 2.24) is 122 Å². The van der Waals surface area contributed by atoms with Crippen LogP contribution in [-0.4, -0.2) is 194 Å². The highest BCUT2D eigenvalue weighted by Gasteiger charge is 2.24. The maximum absolute atomic E-state index is 6.02. The number of aromatic nitrogens is 24. The minimum Gasteiger partial charge on any atom is -0.369 e. The molecule has 0 aliphatic carbocycles. The number of fused-ring (bicyclic) bond motifs is 4. The lowest BCUT2D eigenvalue weighted by atomic mass is 10.1. The second-order valence-electron chi connectivity index (χ2n) is 27.8. The van der Waals surface area contributed by atoms with Crippen LogP contribution in [0.25, 0.3) is 67.6 Å². The van der Waals surface area contributed by atoms with E-state index in [0.717, 1.165) is 185 Å². The van der Waals surface area contributed by atoms with Crippen molar-refractivity contribution < 1.29 is 0 Å². The Morgan fingerprint density at radius 2 is 0.752 bits per heavy atom. The fourth-order valence-corrected chi connectivity index (χ4v) is 13.9. The predicted molar refractivity (Wildman–Crippen MR) is 437 cm³/mol. The summed E-state index contributed by atoms with van der Waals surface area (Å²) < 4.78 is 15.1. The maximum Gasteiger partial charge on any atom is 0.180 e. The number of nitrogens with zero attached hydrogens (tertiary/aromatic N) is 27. The van der Waals surface area contributed by atoms with Crippen LogP contribution in [0.4, 0.5) is 69.3 Å². The third-order valence-electron chi connectivity index (χ3n) is 19.9. The highest BCUT2D eigenvalue weighted by atomic mass is 15.3. The van der Waals surface area contributed by atoms with Gasteiger partial charge in [-0.2, -0.15) is 20.4 Å². The summed E-state index contributed by atoms with van der Waals surface area (Å²) in [4.78, 5) is 61.0. The van der Waals surface area contributed by atoms with E-state index in [1.54, 1.807) is 49.7 Å². The number of anilines is 12. The van der Waals surface area contributed by atoms with Gasteiger partial charge in [-0.1, -0.05) is 0 Å². The van der Waals surface area contributed by atoms with Gasteiger partial charge in [0.1, 0.15) is 23.3 Å². The fourth-order valence-electron chi connectivity index (χ4n) is 13.9. The Balaban J connectivity index is 0.000000114. The van der Waals surface area contributed by atoms with Crippen LogP contribution in [0.1, 0.15) is 32.1 Å². The van der Waals surface area contributed by atoms with Crippen LogP contribution >= 0.6 is 0 Å². The number of nitrogens with one attached hydrogen (secondary N) is 6. The third-order valence-corrected chi connectivity index (χ3v) is 19.9. The Hall–Kier alpha value is -13.8. The molecule has 113 heavy (non-hydrogen) atoms. The van der Waals surface area contributed by atoms with Crippen molar-refractivity contribution in [3.63, 3.8) is 0 Å². The first-order chi connectivity index (χ1) is 55.3. The molecule has 1 atom stereocenters. The summed E-state index contributed by atoms with van der Waals surface area (Å²) in [7, 11) is 9.63. The summed E-state index contributed by atoms with van der Waals surface area (Å²) in [6, 6.07) is 17.1. The topological polar surface area (TPSA) is 404 Å². The largest absolute Gasteiger partial charge is 0.369 e. The lowest BCUT2D eigenvalue weighted by Gasteiger charge is -2.32. The molecule has 0 aromatic carbocycles. The van der Waals surface area contributed by atoms with Crippen molar-refractivity contribution in [2.75, 3.05) is 101 Å². The van der Waals surface area contributed by atoms with E-state index < -0.39 is 0 Å². The van der Waals surface area contributed by atoms with E-state index >= 15 is 0 Å². The molecule has 0 amide bonds. The molecule has 3 saturated heterocycles. The van der Waals surface area contributed by atoms with Gasteiger partial charge in [0.2, 0.25) is 0 Å². The minimum atomic E-state index is 0.232. The van der Waals surface area contributed by atoms with E-state index in [1.165, 1.54) is 0 Å². The first-order valence-electron chi connectivity index (χ1n) is 37.3. The van der Waals surface area contributed by atoms with E-state index in [2.05, 4.69) is 133 Å². The van der Waals surface area contributed by atoms with Crippen molar-refractivity contribution in [3.05, 3.63) is 197 Å². The van der Waals surface area contributed by atoms with Gasteiger partial charge >= 0.3 is 0 Å². The van der Waals surface area contributed by atoms with Gasteiger partial charge in [0.15, 0.2) is 45.9 Å². The van der Waals surface area contributed by atoms with Crippen LogP contribution in [0.5, 0.6) is 0 Å². The predicted octanol–water partition coefficient (Wildman–Crippen LogP) is 8.10. The lowest BCUT2D eigenvalue weighted by molar-refractivity contribution is 0.441. The third kappa shape index (κ3) is 16.7. The van der Waals surface area contributed by atoms with Gasteiger partial charge in [-0.25, -0.2) is 59.8 Å². The molecule has 0 spiro atoms. The molecule has 3 fully saturated rings. The number of piperidine rings is 2. The fraction of sp³-hybridized carbons (Fsp3) is 0.273. The summed E-state index contributed by atoms with van der Waals surface area (Å²) in [5, 5.41) is 36.8. The number of imidazole rings is 4. The molecule has 0 bridgehead atoms. The lowest BCUT2D eigenvalue weighted by Crippen LogP contribution is -2.41. The maximum atomic E-state index is 6.02. The molecule has 0 unspecified atom stereocenters. The summed E-state index contributed by atoms with van der Waals surface area (Å²) >= 11 is 0. The quantitative estimate of drug-likeness (QED) is 0.0369. The molecule has 36 nitrogen and oxygen atoms in total. The van der Waals surface area contributed by atoms with Gasteiger partial charge < -0.3 is 63.8 Å². The molecule has 19 rings (SSSR count). The second kappa shape index (κ2) is 33.2. The van der Waals surface area contributed by atoms with Gasteiger partial charge in [-0.05, 0) is 81.6 Å². The number of aryl methyl sites for hydroxylation is 4. The Bertz CT molecular complexity index is 5830. The number of pyridine rings is 4. The first kappa shape index (κ1) is 73.3. The van der Waals surface area contributed by atoms with Gasteiger partial charge in [-0.15, -0.1) is 0 Å². The number of rotatable bonds is 19. The number of nitrogens with two attached hydrogens (primary N) is 3. The SMILES string of the molecule is CNC1CCN(c2ccc(Nc3nccn4c(-c5cnn(C)c5)cnc34)cn2)CC1.Cn1cc(-c2cnc3c(Nc4ccc(N5CC[C@H](N)C5)nc4)nccn23)cn1.Cn1cc(-c2cnc3c(Nc4ccc(NCCN)nc4)nccn23)cn1.Cn1cc(-c2cnc3c(Nc4ccnc(N5CCC(N)CC5)c4)nccn23)cn1. The standard InChI is InChI=1S/C21H25N9.C20H23N9.C19H21N9.C17H19N9/c1-22-16-5-8-29(9-6-16)19-4-3-17(12-24-19)27-20-21-25-13-18(30(21)10-7-23-20)15-11-26-28(2)14-15;1-27-13-14(11-25-27)17-12-24-20-19(23-6-9-29(17)20)26-16-2-5-22-18(10-16)28-7-3-15(21)4-8-28;1-26-11-13(8-24-26)16-10-23-19-18(21-5-7-28(16)19)25-15-2-3-17(22-9-15)27-6-4-14(20)12-27;1-25-11-12(8-23-25)14-10-22-17-16(20-6-7-26(14)17)24-13-2-3-15(21-9-13)19-5-4-18/h3-4,7,10-14,16,22H,5-6,8-9H2,1-2H3,(H,23,27);2,5-6,9-13,15H,3-4,7-8,21H2,1H3,(H,22,23,26);2-3,5,7-11,14H,4,6,12,20H2,1H3,(H,21,25);2-3,6-11H,4-5,18H2,1H3,(H,19,21)(H,20,24)/t;;14-;/m..0./s1. The van der Waals surface area contributed by atoms with Crippen molar-refractivity contribution in [2.24, 2.45) is 45.4 Å². The van der Waals surface area contributed by atoms with Gasteiger partial charge in [-0.3, -0.25) is 36.3 Å². The molecule has 16 aromatic rings. The highest BCUT2D eigenvalue weighted by Crippen LogP contribution is 2.32. The molecule has 3 aliphatic heterocycles. The average Bonchev–Trinajstić information content (AvgIpc) is 1.66. The second-order valence-corrected chi connectivity index (χ2v) is 27.8. The van der Waals surface area contributed by atoms with Crippen LogP contribution in [-0.2, 0) is 28.2 Å². The molecule has 0 radical (unpaired) electrons. The Morgan fingerprint density at radius 3 is 1.12 bits per heavy atom. The van der Waals surface area contributed by atoms with Crippen LogP contribution in [0.15, 0.2) is 197 Å². The molecule has 19 heterocycles. The first-order valence-corrected chi connectivity index (χ1v) is 37.3. The summed E-state index contributed by atoms with van der Waals surface area (Å²) in [5.74, 6) is 6.42. The van der Waals surface area contributed by atoms with Crippen LogP contribution in [0.3, 0.4) is 0 Å². The van der Waals surface area contributed by atoms with Crippen molar-refractivity contribution in [3.8, 4) is 45.0 Å². The minimum absolute atomic E-state index is 0.232. The molecule has 16 aromatic heterocycles. The van der Waals surface area contributed by atoms with Crippen LogP contribution < -0.4 is 63.8 Å². The molecule has 36 heteroatoms. The molecule has 12 N–H and O–H groups in total. The normalized spacial score (nSPS) is 14.6. The molecule has 3 aliphatic rings. The van der Waals surface area contributed by atoms with E-state index in [4.69, 9.17) is 17.2 Å². The summed E-state index contributed by atoms with van der Waals surface area (Å²) in [6.07, 6.45) is 49.6. The molecule has 0 saturated carbocycles. The van der Waals surface area contributed by atoms with Gasteiger partial charge in [0.05, 0.1) is 108 Å². The molecular formula is C77H88N36. The number of hydrogen-bond donors (Lipinski definition) is 9. The van der Waals surface area contributed by atoms with Crippen molar-refractivity contribution >= 4 is 91.9 Å². The van der Waals surface area contributed by atoms with E-state index in [-0.39, 0.29) is 6.04 Å². The van der Waals surface area contributed by atoms with E-state index in [1.807, 2.05) is 213 Å². The smallest absolute Gasteiger partial charge is 0.180 e. The zero-order chi connectivity index (χ0) is 77.3. The van der Waals surface area contributed by atoms with Crippen molar-refractivity contribution in [1.29, 1.82) is 0 Å². The Morgan fingerprint density at radius 1 is 0.372 bits per heavy atom. The number of hydrogen-bond acceptors (Lipinski definition) is 28. The monoisotopic (exact) mass is 1520 g/mol. The van der Waals surface area contributed by atoms with Gasteiger partial charge in [0.25, 0.3) is 0 Å². The summed E-state index contributed by atoms with van der Waals surface area (Å²) in [6.45, 7) is 6.96. The zero-order valence-electron chi connectivity index (χ0n) is 63.2. The van der Waals surface area contributed by atoms with Gasteiger partial charge in [0, 0.05) is 213 Å². The average molecular weight is 1520 g/mol. The highest BCUT2D eigenvalue weighted by molar-refractivity contribution is 5.78. The van der Waals surface area contributed by atoms with Crippen LogP contribution in [0.2, 0.25) is 0 Å². The van der Waals surface area contributed by atoms with E-state index in [9.17, 15) is 0 Å². The zero-order valence-corrected chi connectivity index (χ0v) is 63.2. The van der Waals surface area contributed by atoms with E-state index in [0.29, 0.717) is 48.4 Å². The molecular weight excluding hydrogens is 1430 g/mol. The summed E-state index contributed by atoms with van der Waals surface area (Å²) in [5.41, 5.74) is 31.9. The van der Waals surface area contributed by atoms with Crippen molar-refractivity contribution in [2.45, 2.75) is 50.2 Å². The Kier molecular flexibility index (Phi) is 21.5. The van der Waals surface area contributed by atoms with Crippen LogP contribution in [0, 0.1) is 0 Å². The molecule has 576 valence electrons.